The van der Waals surface area contributed by atoms with Crippen LogP contribution in [-0.2, 0) is 16.6 Å². The molecule has 20 heavy (non-hydrogen) atoms. The van der Waals surface area contributed by atoms with Gasteiger partial charge in [0.05, 0.1) is 0 Å². The predicted octanol–water partition coefficient (Wildman–Crippen LogP) is 0.965. The minimum absolute atomic E-state index is 0.136. The first-order chi connectivity index (χ1) is 9.62. The number of aliphatic hydroxyl groups is 1. The van der Waals surface area contributed by atoms with Crippen LogP contribution in [0.1, 0.15) is 10.4 Å². The molecular formula is C13H12N2O3S2. The number of aliphatic hydroxyl groups excluding tert-OH is 1. The quantitative estimate of drug-likeness (QED) is 0.825. The molecule has 5 nitrogen and oxygen atoms in total. The molecule has 0 amide bonds. The number of hydrogen-bond acceptors (Lipinski definition) is 5. The third kappa shape index (κ3) is 3.88. The topological polar surface area (TPSA) is 79.3 Å². The number of nitrogens with zero attached hydrogens (tertiary/aromatic N) is 1. The maximum Gasteiger partial charge on any atom is 0.242 e. The lowest BCUT2D eigenvalue weighted by Gasteiger charge is -2.04. The Kier molecular flexibility index (Phi) is 4.87. The van der Waals surface area contributed by atoms with Crippen molar-refractivity contribution >= 4 is 21.4 Å². The van der Waals surface area contributed by atoms with Crippen LogP contribution < -0.4 is 4.72 Å². The molecule has 2 N–H and O–H groups in total. The fourth-order valence-electron chi connectivity index (χ4n) is 1.44. The molecule has 0 aliphatic rings. The Morgan fingerprint density at radius 2 is 2.30 bits per heavy atom. The van der Waals surface area contributed by atoms with E-state index in [9.17, 15) is 8.42 Å². The molecule has 0 saturated heterocycles. The van der Waals surface area contributed by atoms with Gasteiger partial charge < -0.3 is 5.11 Å². The van der Waals surface area contributed by atoms with Gasteiger partial charge in [0.2, 0.25) is 10.0 Å². The number of nitrogens with one attached hydrogen (secondary N) is 1. The maximum absolute atomic E-state index is 12.0. The first-order valence-electron chi connectivity index (χ1n) is 5.68. The molecule has 2 heterocycles. The first kappa shape index (κ1) is 14.7. The number of pyridine rings is 1. The molecular weight excluding hydrogens is 296 g/mol. The van der Waals surface area contributed by atoms with Crippen molar-refractivity contribution < 1.29 is 13.5 Å². The van der Waals surface area contributed by atoms with E-state index < -0.39 is 10.0 Å². The van der Waals surface area contributed by atoms with Gasteiger partial charge in [-0.05, 0) is 18.2 Å². The number of rotatable bonds is 4. The standard InChI is InChI=1S/C13H12N2O3S2/c16-6-2-3-11-7-12(19-10-11)8-15-20(17,18)13-4-1-5-14-9-13/h1,4-5,7,9-10,15-16H,6,8H2. The highest BCUT2D eigenvalue weighted by molar-refractivity contribution is 7.89. The van der Waals surface area contributed by atoms with E-state index in [-0.39, 0.29) is 18.0 Å². The van der Waals surface area contributed by atoms with E-state index in [1.54, 1.807) is 12.1 Å². The van der Waals surface area contributed by atoms with Gasteiger partial charge in [0.15, 0.2) is 0 Å². The molecule has 7 heteroatoms. The molecule has 2 aromatic heterocycles. The summed E-state index contributed by atoms with van der Waals surface area (Å²) in [4.78, 5) is 4.77. The fourth-order valence-corrected chi connectivity index (χ4v) is 3.25. The van der Waals surface area contributed by atoms with Gasteiger partial charge in [0, 0.05) is 34.8 Å². The van der Waals surface area contributed by atoms with Crippen LogP contribution in [0.2, 0.25) is 0 Å². The Morgan fingerprint density at radius 1 is 1.45 bits per heavy atom. The van der Waals surface area contributed by atoms with Crippen LogP contribution in [0.15, 0.2) is 40.9 Å². The zero-order valence-corrected chi connectivity index (χ0v) is 12.0. The van der Waals surface area contributed by atoms with Gasteiger partial charge >= 0.3 is 0 Å². The Hall–Kier alpha value is -1.72. The summed E-state index contributed by atoms with van der Waals surface area (Å²) in [7, 11) is -3.55. The van der Waals surface area contributed by atoms with E-state index in [2.05, 4.69) is 21.5 Å². The second-order valence-electron chi connectivity index (χ2n) is 3.77. The SMILES string of the molecule is O=S(=O)(NCc1cc(C#CCO)cs1)c1cccnc1. The Labute approximate surface area is 121 Å². The van der Waals surface area contributed by atoms with Crippen molar-refractivity contribution in [3.8, 4) is 11.8 Å². The van der Waals surface area contributed by atoms with Gasteiger partial charge in [0.25, 0.3) is 0 Å². The molecule has 0 aliphatic heterocycles. The Bertz CT molecular complexity index is 728. The zero-order chi connectivity index (χ0) is 14.4. The number of hydrogen-bond donors (Lipinski definition) is 2. The summed E-state index contributed by atoms with van der Waals surface area (Å²) in [5.41, 5.74) is 0.764. The molecule has 2 rings (SSSR count). The zero-order valence-electron chi connectivity index (χ0n) is 10.4. The summed E-state index contributed by atoms with van der Waals surface area (Å²) in [6, 6.07) is 4.85. The van der Waals surface area contributed by atoms with Crippen LogP contribution >= 0.6 is 11.3 Å². The molecule has 0 bridgehead atoms. The average Bonchev–Trinajstić information content (AvgIpc) is 2.92. The Morgan fingerprint density at radius 3 is 3.00 bits per heavy atom. The maximum atomic E-state index is 12.0. The average molecular weight is 308 g/mol. The predicted molar refractivity (Wildman–Crippen MR) is 76.5 cm³/mol. The van der Waals surface area contributed by atoms with Crippen molar-refractivity contribution in [1.29, 1.82) is 0 Å². The second kappa shape index (κ2) is 6.63. The van der Waals surface area contributed by atoms with Gasteiger partial charge in [-0.15, -0.1) is 11.3 Å². The van der Waals surface area contributed by atoms with Crippen LogP contribution in [0.5, 0.6) is 0 Å². The molecule has 0 fully saturated rings. The smallest absolute Gasteiger partial charge is 0.242 e. The molecule has 0 unspecified atom stereocenters. The van der Waals surface area contributed by atoms with Gasteiger partial charge in [-0.2, -0.15) is 0 Å². The highest BCUT2D eigenvalue weighted by Crippen LogP contribution is 2.15. The highest BCUT2D eigenvalue weighted by atomic mass is 32.2. The first-order valence-corrected chi connectivity index (χ1v) is 8.05. The third-order valence-electron chi connectivity index (χ3n) is 2.35. The molecule has 0 saturated carbocycles. The van der Waals surface area contributed by atoms with Crippen LogP contribution in [0, 0.1) is 11.8 Å². The molecule has 0 atom stereocenters. The Balaban J connectivity index is 2.03. The molecule has 0 aliphatic carbocycles. The van der Waals surface area contributed by atoms with E-state index in [0.717, 1.165) is 10.4 Å². The minimum atomic E-state index is -3.55. The molecule has 0 spiro atoms. The summed E-state index contributed by atoms with van der Waals surface area (Å²) in [6.45, 7) is 0.00150. The lowest BCUT2D eigenvalue weighted by Crippen LogP contribution is -2.22. The molecule has 0 aromatic carbocycles. The van der Waals surface area contributed by atoms with E-state index in [1.807, 2.05) is 5.38 Å². The van der Waals surface area contributed by atoms with Gasteiger partial charge in [-0.25, -0.2) is 13.1 Å². The van der Waals surface area contributed by atoms with Crippen molar-refractivity contribution in [2.24, 2.45) is 0 Å². The normalized spacial score (nSPS) is 10.8. The lowest BCUT2D eigenvalue weighted by atomic mass is 10.3. The van der Waals surface area contributed by atoms with E-state index in [0.29, 0.717) is 0 Å². The van der Waals surface area contributed by atoms with Gasteiger partial charge in [-0.3, -0.25) is 4.98 Å². The highest BCUT2D eigenvalue weighted by Gasteiger charge is 2.13. The van der Waals surface area contributed by atoms with Crippen LogP contribution in [0.25, 0.3) is 0 Å². The molecule has 0 radical (unpaired) electrons. The summed E-state index contributed by atoms with van der Waals surface area (Å²) >= 11 is 1.41. The molecule has 2 aromatic rings. The van der Waals surface area contributed by atoms with E-state index in [4.69, 9.17) is 5.11 Å². The van der Waals surface area contributed by atoms with Crippen molar-refractivity contribution in [3.05, 3.63) is 46.4 Å². The van der Waals surface area contributed by atoms with Gasteiger partial charge in [0.1, 0.15) is 11.5 Å². The van der Waals surface area contributed by atoms with Crippen molar-refractivity contribution in [2.75, 3.05) is 6.61 Å². The minimum Gasteiger partial charge on any atom is -0.384 e. The molecule has 104 valence electrons. The number of thiophene rings is 1. The van der Waals surface area contributed by atoms with Gasteiger partial charge in [-0.1, -0.05) is 11.8 Å². The summed E-state index contributed by atoms with van der Waals surface area (Å²) in [6.07, 6.45) is 2.82. The second-order valence-corrected chi connectivity index (χ2v) is 6.54. The fraction of sp³-hybridized carbons (Fsp3) is 0.154. The lowest BCUT2D eigenvalue weighted by molar-refractivity contribution is 0.350. The van der Waals surface area contributed by atoms with Crippen LogP contribution in [0.4, 0.5) is 0 Å². The third-order valence-corrected chi connectivity index (χ3v) is 4.67. The van der Waals surface area contributed by atoms with Crippen molar-refractivity contribution in [3.63, 3.8) is 0 Å². The van der Waals surface area contributed by atoms with Crippen molar-refractivity contribution in [2.45, 2.75) is 11.4 Å². The van der Waals surface area contributed by atoms with Crippen LogP contribution in [-0.4, -0.2) is 25.1 Å². The van der Waals surface area contributed by atoms with E-state index >= 15 is 0 Å². The summed E-state index contributed by atoms with van der Waals surface area (Å²) in [5.74, 6) is 5.31. The number of sulfonamides is 1. The van der Waals surface area contributed by atoms with E-state index in [1.165, 1.54) is 29.8 Å². The summed E-state index contributed by atoms with van der Waals surface area (Å²) < 4.78 is 26.5. The monoisotopic (exact) mass is 308 g/mol. The van der Waals surface area contributed by atoms with Crippen LogP contribution in [0.3, 0.4) is 0 Å². The van der Waals surface area contributed by atoms with Crippen molar-refractivity contribution in [1.82, 2.24) is 9.71 Å². The summed E-state index contributed by atoms with van der Waals surface area (Å²) in [5, 5.41) is 10.4. The largest absolute Gasteiger partial charge is 0.384 e. The number of aromatic nitrogens is 1.